The predicted molar refractivity (Wildman–Crippen MR) is 62.6 cm³/mol. The molecule has 0 saturated heterocycles. The van der Waals surface area contributed by atoms with Crippen LogP contribution in [-0.2, 0) is 12.7 Å². The average molecular weight is 245 g/mol. The maximum atomic E-state index is 12.3. The van der Waals surface area contributed by atoms with Crippen LogP contribution in [0.25, 0.3) is 0 Å². The first kappa shape index (κ1) is 14.0. The van der Waals surface area contributed by atoms with Crippen molar-refractivity contribution in [2.24, 2.45) is 5.92 Å². The van der Waals surface area contributed by atoms with Gasteiger partial charge in [-0.3, -0.25) is 0 Å². The molecule has 1 aromatic rings. The molecule has 0 radical (unpaired) electrons. The van der Waals surface area contributed by atoms with Gasteiger partial charge in [0.25, 0.3) is 0 Å². The third kappa shape index (κ3) is 4.77. The summed E-state index contributed by atoms with van der Waals surface area (Å²) in [6.07, 6.45) is -4.25. The molecule has 0 aliphatic carbocycles. The van der Waals surface area contributed by atoms with Crippen LogP contribution >= 0.6 is 0 Å². The molecule has 0 aliphatic rings. The van der Waals surface area contributed by atoms with E-state index in [0.717, 1.165) is 24.2 Å². The van der Waals surface area contributed by atoms with E-state index in [9.17, 15) is 13.2 Å². The van der Waals surface area contributed by atoms with Crippen molar-refractivity contribution >= 4 is 0 Å². The van der Waals surface area contributed by atoms with Crippen LogP contribution in [0.2, 0.25) is 0 Å². The second-order valence-corrected chi connectivity index (χ2v) is 4.79. The molecule has 96 valence electrons. The van der Waals surface area contributed by atoms with Gasteiger partial charge in [0.15, 0.2) is 0 Å². The molecule has 0 aliphatic heterocycles. The first-order chi connectivity index (χ1) is 7.79. The molecule has 0 aromatic heterocycles. The molecule has 0 bridgehead atoms. The molecule has 0 saturated carbocycles. The molecule has 0 N–H and O–H groups in total. The van der Waals surface area contributed by atoms with Crippen LogP contribution in [0.1, 0.15) is 25.0 Å². The lowest BCUT2D eigenvalue weighted by molar-refractivity contribution is -0.137. The molecule has 0 heterocycles. The van der Waals surface area contributed by atoms with Crippen molar-refractivity contribution in [1.82, 2.24) is 4.90 Å². The summed E-state index contributed by atoms with van der Waals surface area (Å²) in [5.74, 6) is 0.550. The quantitative estimate of drug-likeness (QED) is 0.780. The monoisotopic (exact) mass is 245 g/mol. The van der Waals surface area contributed by atoms with Crippen LogP contribution in [-0.4, -0.2) is 18.5 Å². The van der Waals surface area contributed by atoms with E-state index < -0.39 is 11.7 Å². The average Bonchev–Trinajstić information content (AvgIpc) is 2.15. The Morgan fingerprint density at radius 3 is 2.06 bits per heavy atom. The van der Waals surface area contributed by atoms with Crippen LogP contribution in [0, 0.1) is 5.92 Å². The van der Waals surface area contributed by atoms with E-state index in [1.165, 1.54) is 0 Å². The standard InChI is InChI=1S/C13H18F3N/c1-10(2)8-17(3)9-11-4-6-12(7-5-11)13(14,15)16/h4-7,10H,8-9H2,1-3H3. The number of hydrogen-bond acceptors (Lipinski definition) is 1. The van der Waals surface area contributed by atoms with Crippen LogP contribution in [0.15, 0.2) is 24.3 Å². The minimum atomic E-state index is -4.25. The van der Waals surface area contributed by atoms with Crippen molar-refractivity contribution < 1.29 is 13.2 Å². The van der Waals surface area contributed by atoms with E-state index in [-0.39, 0.29) is 0 Å². The Hall–Kier alpha value is -1.03. The first-order valence-electron chi connectivity index (χ1n) is 5.63. The van der Waals surface area contributed by atoms with E-state index >= 15 is 0 Å². The summed E-state index contributed by atoms with van der Waals surface area (Å²) in [4.78, 5) is 2.10. The number of rotatable bonds is 4. The van der Waals surface area contributed by atoms with Gasteiger partial charge in [0, 0.05) is 13.1 Å². The summed E-state index contributed by atoms with van der Waals surface area (Å²) in [6.45, 7) is 5.84. The smallest absolute Gasteiger partial charge is 0.302 e. The highest BCUT2D eigenvalue weighted by Crippen LogP contribution is 2.29. The lowest BCUT2D eigenvalue weighted by atomic mass is 10.1. The highest BCUT2D eigenvalue weighted by atomic mass is 19.4. The number of alkyl halides is 3. The van der Waals surface area contributed by atoms with Crippen LogP contribution in [0.3, 0.4) is 0 Å². The summed E-state index contributed by atoms with van der Waals surface area (Å²) in [5, 5.41) is 0. The Morgan fingerprint density at radius 2 is 1.65 bits per heavy atom. The molecule has 1 nitrogen and oxygen atoms in total. The van der Waals surface area contributed by atoms with Gasteiger partial charge in [0.2, 0.25) is 0 Å². The molecule has 17 heavy (non-hydrogen) atoms. The predicted octanol–water partition coefficient (Wildman–Crippen LogP) is 3.79. The minimum absolute atomic E-state index is 0.550. The Labute approximate surface area is 100 Å². The molecule has 0 amide bonds. The van der Waals surface area contributed by atoms with Crippen molar-refractivity contribution in [2.75, 3.05) is 13.6 Å². The summed E-state index contributed by atoms with van der Waals surface area (Å²) >= 11 is 0. The molecule has 0 unspecified atom stereocenters. The maximum absolute atomic E-state index is 12.3. The molecular weight excluding hydrogens is 227 g/mol. The van der Waals surface area contributed by atoms with E-state index in [1.54, 1.807) is 12.1 Å². The van der Waals surface area contributed by atoms with Gasteiger partial charge in [-0.15, -0.1) is 0 Å². The lowest BCUT2D eigenvalue weighted by Crippen LogP contribution is -2.22. The van der Waals surface area contributed by atoms with Gasteiger partial charge in [-0.05, 0) is 30.7 Å². The summed E-state index contributed by atoms with van der Waals surface area (Å²) in [5.41, 5.74) is 0.314. The van der Waals surface area contributed by atoms with E-state index in [2.05, 4.69) is 18.7 Å². The number of halogens is 3. The molecular formula is C13H18F3N. The minimum Gasteiger partial charge on any atom is -0.302 e. The number of hydrogen-bond donors (Lipinski definition) is 0. The van der Waals surface area contributed by atoms with Gasteiger partial charge in [-0.25, -0.2) is 0 Å². The summed E-state index contributed by atoms with van der Waals surface area (Å²) in [7, 11) is 1.97. The Morgan fingerprint density at radius 1 is 1.12 bits per heavy atom. The van der Waals surface area contributed by atoms with Gasteiger partial charge >= 0.3 is 6.18 Å². The fraction of sp³-hybridized carbons (Fsp3) is 0.538. The zero-order valence-corrected chi connectivity index (χ0v) is 10.4. The van der Waals surface area contributed by atoms with Gasteiger partial charge in [0.05, 0.1) is 5.56 Å². The summed E-state index contributed by atoms with van der Waals surface area (Å²) < 4.78 is 37.0. The molecule has 0 fully saturated rings. The van der Waals surface area contributed by atoms with Crippen molar-refractivity contribution in [2.45, 2.75) is 26.6 Å². The molecule has 1 aromatic carbocycles. The fourth-order valence-electron chi connectivity index (χ4n) is 1.80. The lowest BCUT2D eigenvalue weighted by Gasteiger charge is -2.19. The zero-order chi connectivity index (χ0) is 13.1. The SMILES string of the molecule is CC(C)CN(C)Cc1ccc(C(F)(F)F)cc1. The Kier molecular flexibility index (Phi) is 4.57. The Bertz CT molecular complexity index is 341. The summed E-state index contributed by atoms with van der Waals surface area (Å²) in [6, 6.07) is 5.36. The third-order valence-electron chi connectivity index (χ3n) is 2.41. The van der Waals surface area contributed by atoms with E-state index in [0.29, 0.717) is 12.5 Å². The van der Waals surface area contributed by atoms with Gasteiger partial charge in [-0.2, -0.15) is 13.2 Å². The third-order valence-corrected chi connectivity index (χ3v) is 2.41. The maximum Gasteiger partial charge on any atom is 0.416 e. The fourth-order valence-corrected chi connectivity index (χ4v) is 1.80. The zero-order valence-electron chi connectivity index (χ0n) is 10.4. The molecule has 0 atom stereocenters. The van der Waals surface area contributed by atoms with Crippen LogP contribution in [0.5, 0.6) is 0 Å². The van der Waals surface area contributed by atoms with Gasteiger partial charge in [0.1, 0.15) is 0 Å². The molecule has 1 rings (SSSR count). The van der Waals surface area contributed by atoms with E-state index in [1.807, 2.05) is 7.05 Å². The van der Waals surface area contributed by atoms with Gasteiger partial charge < -0.3 is 4.90 Å². The highest BCUT2D eigenvalue weighted by Gasteiger charge is 2.29. The van der Waals surface area contributed by atoms with Crippen molar-refractivity contribution in [1.29, 1.82) is 0 Å². The van der Waals surface area contributed by atoms with Crippen LogP contribution in [0.4, 0.5) is 13.2 Å². The first-order valence-corrected chi connectivity index (χ1v) is 5.63. The van der Waals surface area contributed by atoms with E-state index in [4.69, 9.17) is 0 Å². The van der Waals surface area contributed by atoms with Crippen molar-refractivity contribution in [3.05, 3.63) is 35.4 Å². The largest absolute Gasteiger partial charge is 0.416 e. The molecule has 4 heteroatoms. The topological polar surface area (TPSA) is 3.24 Å². The van der Waals surface area contributed by atoms with Crippen LogP contribution < -0.4 is 0 Å². The van der Waals surface area contributed by atoms with Crippen molar-refractivity contribution in [3.8, 4) is 0 Å². The highest BCUT2D eigenvalue weighted by molar-refractivity contribution is 5.24. The number of benzene rings is 1. The number of nitrogens with zero attached hydrogens (tertiary/aromatic N) is 1. The second-order valence-electron chi connectivity index (χ2n) is 4.79. The second kappa shape index (κ2) is 5.54. The normalized spacial score (nSPS) is 12.5. The van der Waals surface area contributed by atoms with Crippen molar-refractivity contribution in [3.63, 3.8) is 0 Å². The molecule has 0 spiro atoms. The van der Waals surface area contributed by atoms with Gasteiger partial charge in [-0.1, -0.05) is 26.0 Å². The Balaban J connectivity index is 2.63.